The number of carbonyl (C=O) groups excluding carboxylic acids is 1. The number of piperazine rings is 1. The van der Waals surface area contributed by atoms with Crippen molar-refractivity contribution in [3.8, 4) is 0 Å². The molecule has 1 saturated heterocycles. The average molecular weight is 434 g/mol. The third kappa shape index (κ3) is 3.72. The number of hydrogen-bond acceptors (Lipinski definition) is 5. The number of ether oxygens (including phenoxy) is 1. The molecule has 5 aliphatic rings. The Labute approximate surface area is 181 Å². The van der Waals surface area contributed by atoms with E-state index in [1.165, 1.54) is 50.7 Å². The molecule has 4 aliphatic carbocycles. The standard InChI is InChI=1S/C22H28ClN3O4/c23-19-10-18(26(28)29)1-2-20(19)24-3-5-25(6-4-24)21(27)30-14-22-11-15-7-16(12-22)9-17(8-15)13-22/h1-2,10,15-17H,3-9,11-14H2. The Hall–Kier alpha value is -2.02. The summed E-state index contributed by atoms with van der Waals surface area (Å²) in [7, 11) is 0. The zero-order valence-electron chi connectivity index (χ0n) is 17.1. The molecule has 1 aromatic rings. The predicted molar refractivity (Wildman–Crippen MR) is 114 cm³/mol. The molecule has 6 rings (SSSR count). The Bertz CT molecular complexity index is 818. The van der Waals surface area contributed by atoms with Gasteiger partial charge in [-0.05, 0) is 62.3 Å². The number of halogens is 1. The summed E-state index contributed by atoms with van der Waals surface area (Å²) in [5, 5.41) is 11.3. The van der Waals surface area contributed by atoms with Crippen LogP contribution < -0.4 is 4.90 Å². The molecule has 8 heteroatoms. The molecule has 30 heavy (non-hydrogen) atoms. The summed E-state index contributed by atoms with van der Waals surface area (Å²) in [5.41, 5.74) is 0.984. The first-order valence-electron chi connectivity index (χ1n) is 11.0. The van der Waals surface area contributed by atoms with Crippen LogP contribution in [0.1, 0.15) is 38.5 Å². The van der Waals surface area contributed by atoms with E-state index in [9.17, 15) is 14.9 Å². The van der Waals surface area contributed by atoms with E-state index >= 15 is 0 Å². The van der Waals surface area contributed by atoms with Gasteiger partial charge in [0, 0.05) is 43.7 Å². The van der Waals surface area contributed by atoms with Gasteiger partial charge in [0.05, 0.1) is 22.2 Å². The van der Waals surface area contributed by atoms with Crippen molar-refractivity contribution >= 4 is 29.1 Å². The van der Waals surface area contributed by atoms with Crippen molar-refractivity contribution in [1.29, 1.82) is 0 Å². The highest BCUT2D eigenvalue weighted by molar-refractivity contribution is 6.33. The van der Waals surface area contributed by atoms with Gasteiger partial charge in [0.2, 0.25) is 0 Å². The van der Waals surface area contributed by atoms with Crippen LogP contribution in [-0.2, 0) is 4.74 Å². The Kier molecular flexibility index (Phi) is 5.04. The fraction of sp³-hybridized carbons (Fsp3) is 0.682. The number of non-ortho nitro benzene ring substituents is 1. The maximum atomic E-state index is 12.7. The third-order valence-electron chi connectivity index (χ3n) is 7.69. The van der Waals surface area contributed by atoms with E-state index in [1.807, 2.05) is 0 Å². The van der Waals surface area contributed by atoms with Crippen molar-refractivity contribution in [2.24, 2.45) is 23.2 Å². The molecular formula is C22H28ClN3O4. The summed E-state index contributed by atoms with van der Waals surface area (Å²) in [5.74, 6) is 2.56. The monoisotopic (exact) mass is 433 g/mol. The number of nitro groups is 1. The van der Waals surface area contributed by atoms with Crippen molar-refractivity contribution < 1.29 is 14.5 Å². The number of hydrogen-bond donors (Lipinski definition) is 0. The fourth-order valence-corrected chi connectivity index (χ4v) is 7.06. The molecule has 1 aromatic carbocycles. The number of nitro benzene ring substituents is 1. The average Bonchev–Trinajstić information content (AvgIpc) is 2.71. The molecule has 0 atom stereocenters. The fourth-order valence-electron chi connectivity index (χ4n) is 6.77. The minimum Gasteiger partial charge on any atom is -0.449 e. The molecule has 1 aliphatic heterocycles. The number of benzene rings is 1. The van der Waals surface area contributed by atoms with Crippen LogP contribution in [0.5, 0.6) is 0 Å². The van der Waals surface area contributed by atoms with Gasteiger partial charge in [0.1, 0.15) is 0 Å². The molecule has 1 heterocycles. The van der Waals surface area contributed by atoms with Gasteiger partial charge in [0.25, 0.3) is 5.69 Å². The van der Waals surface area contributed by atoms with Gasteiger partial charge in [-0.3, -0.25) is 10.1 Å². The summed E-state index contributed by atoms with van der Waals surface area (Å²) < 4.78 is 5.84. The Balaban J connectivity index is 1.14. The topological polar surface area (TPSA) is 75.9 Å². The van der Waals surface area contributed by atoms with Gasteiger partial charge in [0.15, 0.2) is 0 Å². The number of anilines is 1. The van der Waals surface area contributed by atoms with E-state index in [0.717, 1.165) is 23.4 Å². The lowest BCUT2D eigenvalue weighted by Gasteiger charge is -2.56. The maximum absolute atomic E-state index is 12.7. The molecule has 0 spiro atoms. The lowest BCUT2D eigenvalue weighted by atomic mass is 9.50. The number of carbonyl (C=O) groups is 1. The second-order valence-corrected chi connectivity index (χ2v) is 10.2. The number of nitrogens with zero attached hydrogens (tertiary/aromatic N) is 3. The summed E-state index contributed by atoms with van der Waals surface area (Å²) in [6, 6.07) is 4.53. The van der Waals surface area contributed by atoms with Crippen molar-refractivity contribution in [2.45, 2.75) is 38.5 Å². The summed E-state index contributed by atoms with van der Waals surface area (Å²) in [6.07, 6.45) is 7.66. The third-order valence-corrected chi connectivity index (χ3v) is 7.99. The largest absolute Gasteiger partial charge is 0.449 e. The van der Waals surface area contributed by atoms with Crippen molar-refractivity contribution in [2.75, 3.05) is 37.7 Å². The second kappa shape index (κ2) is 7.59. The van der Waals surface area contributed by atoms with Crippen molar-refractivity contribution in [3.05, 3.63) is 33.3 Å². The molecule has 7 nitrogen and oxygen atoms in total. The SMILES string of the molecule is O=C(OCC12CC3CC(CC(C3)C1)C2)N1CCN(c2ccc([N+](=O)[O-])cc2Cl)CC1. The van der Waals surface area contributed by atoms with E-state index in [1.54, 1.807) is 11.0 Å². The van der Waals surface area contributed by atoms with Gasteiger partial charge < -0.3 is 14.5 Å². The summed E-state index contributed by atoms with van der Waals surface area (Å²) in [6.45, 7) is 2.96. The normalized spacial score (nSPS) is 32.4. The van der Waals surface area contributed by atoms with E-state index < -0.39 is 4.92 Å². The van der Waals surface area contributed by atoms with E-state index in [0.29, 0.717) is 37.8 Å². The van der Waals surface area contributed by atoms with Gasteiger partial charge in [-0.2, -0.15) is 0 Å². The molecule has 4 saturated carbocycles. The lowest BCUT2D eigenvalue weighted by molar-refractivity contribution is -0.384. The van der Waals surface area contributed by atoms with Crippen LogP contribution >= 0.6 is 11.6 Å². The maximum Gasteiger partial charge on any atom is 0.409 e. The Morgan fingerprint density at radius 1 is 1.10 bits per heavy atom. The van der Waals surface area contributed by atoms with Crippen LogP contribution in [0.15, 0.2) is 18.2 Å². The first-order chi connectivity index (χ1) is 14.4. The van der Waals surface area contributed by atoms with Crippen LogP contribution in [-0.4, -0.2) is 48.7 Å². The number of amides is 1. The van der Waals surface area contributed by atoms with Crippen LogP contribution in [0.25, 0.3) is 0 Å². The molecule has 5 fully saturated rings. The summed E-state index contributed by atoms with van der Waals surface area (Å²) >= 11 is 6.25. The lowest BCUT2D eigenvalue weighted by Crippen LogP contribution is -2.51. The minimum absolute atomic E-state index is 0.0179. The Morgan fingerprint density at radius 3 is 2.23 bits per heavy atom. The number of rotatable bonds is 4. The summed E-state index contributed by atoms with van der Waals surface area (Å²) in [4.78, 5) is 27.0. The Morgan fingerprint density at radius 2 is 1.70 bits per heavy atom. The van der Waals surface area contributed by atoms with Crippen LogP contribution in [0.4, 0.5) is 16.2 Å². The molecule has 162 valence electrons. The molecular weight excluding hydrogens is 406 g/mol. The molecule has 1 amide bonds. The highest BCUT2D eigenvalue weighted by Gasteiger charge is 2.51. The van der Waals surface area contributed by atoms with Crippen LogP contribution in [0.3, 0.4) is 0 Å². The quantitative estimate of drug-likeness (QED) is 0.507. The van der Waals surface area contributed by atoms with Crippen molar-refractivity contribution in [1.82, 2.24) is 4.90 Å². The van der Waals surface area contributed by atoms with Gasteiger partial charge in [-0.1, -0.05) is 11.6 Å². The van der Waals surface area contributed by atoms with Gasteiger partial charge in [-0.15, -0.1) is 0 Å². The first kappa shape index (κ1) is 19.9. The van der Waals surface area contributed by atoms with Crippen LogP contribution in [0.2, 0.25) is 5.02 Å². The van der Waals surface area contributed by atoms with E-state index in [2.05, 4.69) is 4.90 Å². The highest BCUT2D eigenvalue weighted by Crippen LogP contribution is 2.60. The second-order valence-electron chi connectivity index (χ2n) is 9.84. The van der Waals surface area contributed by atoms with Crippen LogP contribution in [0, 0.1) is 33.3 Å². The zero-order valence-corrected chi connectivity index (χ0v) is 17.9. The first-order valence-corrected chi connectivity index (χ1v) is 11.4. The predicted octanol–water partition coefficient (Wildman–Crippen LogP) is 4.72. The molecule has 0 unspecified atom stereocenters. The van der Waals surface area contributed by atoms with E-state index in [4.69, 9.17) is 16.3 Å². The van der Waals surface area contributed by atoms with Gasteiger partial charge in [-0.25, -0.2) is 4.79 Å². The zero-order chi connectivity index (χ0) is 20.9. The molecule has 4 bridgehead atoms. The molecule has 0 N–H and O–H groups in total. The molecule has 0 radical (unpaired) electrons. The highest BCUT2D eigenvalue weighted by atomic mass is 35.5. The minimum atomic E-state index is -0.451. The van der Waals surface area contributed by atoms with Gasteiger partial charge >= 0.3 is 6.09 Å². The molecule has 0 aromatic heterocycles. The van der Waals surface area contributed by atoms with E-state index in [-0.39, 0.29) is 17.2 Å². The van der Waals surface area contributed by atoms with Crippen molar-refractivity contribution in [3.63, 3.8) is 0 Å². The smallest absolute Gasteiger partial charge is 0.409 e.